The number of anilines is 1. The van der Waals surface area contributed by atoms with Gasteiger partial charge in [0.05, 0.1) is 6.54 Å². The van der Waals surface area contributed by atoms with Gasteiger partial charge in [0, 0.05) is 41.1 Å². The van der Waals surface area contributed by atoms with E-state index in [9.17, 15) is 14.4 Å². The Hall–Kier alpha value is -3.67. The van der Waals surface area contributed by atoms with E-state index in [0.29, 0.717) is 23.1 Å². The summed E-state index contributed by atoms with van der Waals surface area (Å²) in [7, 11) is 0. The molecule has 1 N–H and O–H groups in total. The molecule has 0 fully saturated rings. The summed E-state index contributed by atoms with van der Waals surface area (Å²) in [4.78, 5) is 38.0. The van der Waals surface area contributed by atoms with E-state index in [4.69, 9.17) is 4.74 Å². The van der Waals surface area contributed by atoms with Gasteiger partial charge in [-0.25, -0.2) is 0 Å². The van der Waals surface area contributed by atoms with Crippen molar-refractivity contribution in [3.63, 3.8) is 0 Å². The first-order valence-electron chi connectivity index (χ1n) is 9.39. The number of hydrogen-bond acceptors (Lipinski definition) is 5. The highest BCUT2D eigenvalue weighted by atomic mass is 16.5. The number of carbonyl (C=O) groups is 3. The number of imide groups is 1. The molecule has 1 aliphatic heterocycles. The van der Waals surface area contributed by atoms with Gasteiger partial charge >= 0.3 is 5.97 Å². The summed E-state index contributed by atoms with van der Waals surface area (Å²) in [6.07, 6.45) is 0. The maximum absolute atomic E-state index is 12.9. The van der Waals surface area contributed by atoms with Crippen LogP contribution in [0.1, 0.15) is 33.2 Å². The molecule has 29 heavy (non-hydrogen) atoms. The van der Waals surface area contributed by atoms with Crippen LogP contribution in [-0.2, 0) is 16.1 Å². The van der Waals surface area contributed by atoms with Crippen molar-refractivity contribution in [2.45, 2.75) is 13.5 Å². The molecule has 0 atom stereocenters. The molecule has 0 aromatic heterocycles. The predicted molar refractivity (Wildman–Crippen MR) is 110 cm³/mol. The highest BCUT2D eigenvalue weighted by Gasteiger charge is 2.33. The predicted octanol–water partition coefficient (Wildman–Crippen LogP) is 3.61. The van der Waals surface area contributed by atoms with E-state index >= 15 is 0 Å². The fourth-order valence-electron chi connectivity index (χ4n) is 3.58. The first-order chi connectivity index (χ1) is 14.1. The maximum atomic E-state index is 12.9. The summed E-state index contributed by atoms with van der Waals surface area (Å²) in [5.41, 5.74) is 2.95. The Labute approximate surface area is 168 Å². The zero-order chi connectivity index (χ0) is 20.4. The van der Waals surface area contributed by atoms with Crippen molar-refractivity contribution in [1.29, 1.82) is 0 Å². The first-order valence-corrected chi connectivity index (χ1v) is 9.39. The molecule has 0 bridgehead atoms. The van der Waals surface area contributed by atoms with Crippen LogP contribution < -0.4 is 5.32 Å². The fraction of sp³-hybridized carbons (Fsp3) is 0.174. The summed E-state index contributed by atoms with van der Waals surface area (Å²) in [6, 6.07) is 19.1. The van der Waals surface area contributed by atoms with Crippen LogP contribution in [0.4, 0.5) is 5.69 Å². The van der Waals surface area contributed by atoms with Gasteiger partial charge in [-0.1, -0.05) is 42.5 Å². The van der Waals surface area contributed by atoms with Crippen molar-refractivity contribution in [3.05, 3.63) is 77.4 Å². The number of nitrogens with one attached hydrogen (secondary N) is 1. The van der Waals surface area contributed by atoms with E-state index in [0.717, 1.165) is 21.5 Å². The van der Waals surface area contributed by atoms with E-state index < -0.39 is 5.97 Å². The van der Waals surface area contributed by atoms with Crippen LogP contribution in [0.25, 0.3) is 10.8 Å². The minimum atomic E-state index is -0.446. The van der Waals surface area contributed by atoms with Gasteiger partial charge in [0.25, 0.3) is 11.8 Å². The second kappa shape index (κ2) is 7.75. The molecular formula is C23H20N2O4. The smallest absolute Gasteiger partial charge is 0.302 e. The third-order valence-electron chi connectivity index (χ3n) is 4.94. The van der Waals surface area contributed by atoms with E-state index in [2.05, 4.69) is 5.32 Å². The van der Waals surface area contributed by atoms with Crippen LogP contribution in [0.5, 0.6) is 0 Å². The minimum Gasteiger partial charge on any atom is -0.464 e. The van der Waals surface area contributed by atoms with Crippen molar-refractivity contribution in [2.75, 3.05) is 18.5 Å². The van der Waals surface area contributed by atoms with Gasteiger partial charge in [0.2, 0.25) is 0 Å². The molecule has 1 heterocycles. The van der Waals surface area contributed by atoms with Crippen molar-refractivity contribution in [3.8, 4) is 0 Å². The van der Waals surface area contributed by atoms with Gasteiger partial charge < -0.3 is 10.1 Å². The average molecular weight is 388 g/mol. The number of nitrogens with zero attached hydrogens (tertiary/aromatic N) is 1. The first kappa shape index (κ1) is 18.7. The van der Waals surface area contributed by atoms with Gasteiger partial charge in [-0.2, -0.15) is 0 Å². The van der Waals surface area contributed by atoms with Gasteiger partial charge in [-0.05, 0) is 23.8 Å². The van der Waals surface area contributed by atoms with Crippen LogP contribution in [-0.4, -0.2) is 35.8 Å². The molecule has 3 aromatic carbocycles. The molecule has 6 nitrogen and oxygen atoms in total. The molecule has 1 aliphatic rings. The Kier molecular flexibility index (Phi) is 4.99. The number of rotatable bonds is 6. The molecule has 0 unspecified atom stereocenters. The van der Waals surface area contributed by atoms with Crippen molar-refractivity contribution in [2.24, 2.45) is 0 Å². The zero-order valence-electron chi connectivity index (χ0n) is 16.0. The van der Waals surface area contributed by atoms with Crippen molar-refractivity contribution >= 4 is 34.2 Å². The Morgan fingerprint density at radius 1 is 0.931 bits per heavy atom. The molecular weight excluding hydrogens is 368 g/mol. The van der Waals surface area contributed by atoms with E-state index in [-0.39, 0.29) is 25.0 Å². The van der Waals surface area contributed by atoms with Gasteiger partial charge in [-0.3, -0.25) is 19.3 Å². The number of hydrogen-bond donors (Lipinski definition) is 1. The van der Waals surface area contributed by atoms with Gasteiger partial charge in [0.1, 0.15) is 6.61 Å². The van der Waals surface area contributed by atoms with Crippen LogP contribution in [0, 0.1) is 0 Å². The topological polar surface area (TPSA) is 75.7 Å². The Morgan fingerprint density at radius 2 is 1.66 bits per heavy atom. The molecule has 0 radical (unpaired) electrons. The molecule has 0 saturated carbocycles. The summed E-state index contributed by atoms with van der Waals surface area (Å²) in [5.74, 6) is -1.19. The lowest BCUT2D eigenvalue weighted by molar-refractivity contribution is -0.141. The lowest BCUT2D eigenvalue weighted by atomic mass is 9.93. The summed E-state index contributed by atoms with van der Waals surface area (Å²) >= 11 is 0. The normalized spacial score (nSPS) is 12.9. The van der Waals surface area contributed by atoms with Crippen LogP contribution in [0.2, 0.25) is 0 Å². The lowest BCUT2D eigenvalue weighted by Crippen LogP contribution is -2.42. The number of esters is 1. The Morgan fingerprint density at radius 3 is 2.38 bits per heavy atom. The fourth-order valence-corrected chi connectivity index (χ4v) is 3.58. The second-order valence-corrected chi connectivity index (χ2v) is 6.83. The van der Waals surface area contributed by atoms with Crippen LogP contribution >= 0.6 is 0 Å². The van der Waals surface area contributed by atoms with Crippen molar-refractivity contribution in [1.82, 2.24) is 4.90 Å². The number of benzene rings is 3. The maximum Gasteiger partial charge on any atom is 0.302 e. The molecule has 2 amide bonds. The number of ether oxygens (including phenoxy) is 1. The summed E-state index contributed by atoms with van der Waals surface area (Å²) in [5, 5.41) is 4.89. The quantitative estimate of drug-likeness (QED) is 0.516. The van der Waals surface area contributed by atoms with Gasteiger partial charge in [0.15, 0.2) is 0 Å². The third-order valence-corrected chi connectivity index (χ3v) is 4.94. The molecule has 0 aliphatic carbocycles. The standard InChI is InChI=1S/C23H20N2O4/c1-15(26)29-13-12-25-22(27)18-9-5-8-17-20(11-10-19(21(17)18)23(25)28)24-14-16-6-3-2-4-7-16/h2-11,24H,12-14H2,1H3. The molecule has 146 valence electrons. The summed E-state index contributed by atoms with van der Waals surface area (Å²) in [6.45, 7) is 1.94. The highest BCUT2D eigenvalue weighted by molar-refractivity contribution is 6.26. The molecule has 3 aromatic rings. The minimum absolute atomic E-state index is 0.0190. The average Bonchev–Trinajstić information content (AvgIpc) is 2.73. The zero-order valence-corrected chi connectivity index (χ0v) is 16.0. The Balaban J connectivity index is 1.66. The van der Waals surface area contributed by atoms with E-state index in [1.807, 2.05) is 48.5 Å². The Bertz CT molecular complexity index is 1090. The van der Waals surface area contributed by atoms with Crippen LogP contribution in [0.15, 0.2) is 60.7 Å². The van der Waals surface area contributed by atoms with E-state index in [1.54, 1.807) is 12.1 Å². The molecule has 0 saturated heterocycles. The largest absolute Gasteiger partial charge is 0.464 e. The van der Waals surface area contributed by atoms with E-state index in [1.165, 1.54) is 6.92 Å². The SMILES string of the molecule is CC(=O)OCCN1C(=O)c2cccc3c(NCc4ccccc4)ccc(c23)C1=O. The monoisotopic (exact) mass is 388 g/mol. The molecule has 0 spiro atoms. The second-order valence-electron chi connectivity index (χ2n) is 6.83. The molecule has 6 heteroatoms. The molecule has 4 rings (SSSR count). The van der Waals surface area contributed by atoms with Crippen molar-refractivity contribution < 1.29 is 19.1 Å². The number of amides is 2. The number of carbonyl (C=O) groups excluding carboxylic acids is 3. The summed E-state index contributed by atoms with van der Waals surface area (Å²) < 4.78 is 4.90. The highest BCUT2D eigenvalue weighted by Crippen LogP contribution is 2.34. The third kappa shape index (κ3) is 3.57. The van der Waals surface area contributed by atoms with Gasteiger partial charge in [-0.15, -0.1) is 0 Å². The lowest BCUT2D eigenvalue weighted by Gasteiger charge is -2.27. The van der Waals surface area contributed by atoms with Crippen LogP contribution in [0.3, 0.4) is 0 Å².